The predicted octanol–water partition coefficient (Wildman–Crippen LogP) is 1.31. The number of benzene rings is 1. The summed E-state index contributed by atoms with van der Waals surface area (Å²) >= 11 is 0. The van der Waals surface area contributed by atoms with Crippen molar-refractivity contribution in [3.05, 3.63) is 48.1 Å². The number of hydrogen-bond donors (Lipinski definition) is 2. The van der Waals surface area contributed by atoms with E-state index in [2.05, 4.69) is 6.58 Å². The first-order valence-corrected chi connectivity index (χ1v) is 6.10. The maximum Gasteiger partial charge on any atom is 0.126 e. The molecule has 1 aromatic carbocycles. The van der Waals surface area contributed by atoms with Gasteiger partial charge in [-0.05, 0) is 31.2 Å². The first-order chi connectivity index (χ1) is 8.92. The van der Waals surface area contributed by atoms with Gasteiger partial charge in [0.2, 0.25) is 0 Å². The number of rotatable bonds is 7. The molecule has 19 heavy (non-hydrogen) atoms. The molecule has 2 atom stereocenters. The molecular formula is C14H20F2N2O. The SMILES string of the molecule is C=CCN(C)C[C@@H](O)[C@@H](N)Cc1cc(F)cc(F)c1. The summed E-state index contributed by atoms with van der Waals surface area (Å²) in [7, 11) is 1.83. The quantitative estimate of drug-likeness (QED) is 0.735. The maximum absolute atomic E-state index is 13.0. The lowest BCUT2D eigenvalue weighted by Crippen LogP contribution is -2.43. The van der Waals surface area contributed by atoms with Gasteiger partial charge in [-0.15, -0.1) is 6.58 Å². The molecule has 0 unspecified atom stereocenters. The Morgan fingerprint density at radius 1 is 1.37 bits per heavy atom. The van der Waals surface area contributed by atoms with Gasteiger partial charge < -0.3 is 15.7 Å². The van der Waals surface area contributed by atoms with E-state index in [1.165, 1.54) is 12.1 Å². The molecule has 1 rings (SSSR count). The zero-order valence-electron chi connectivity index (χ0n) is 11.0. The highest BCUT2D eigenvalue weighted by molar-refractivity contribution is 5.19. The lowest BCUT2D eigenvalue weighted by molar-refractivity contribution is 0.106. The summed E-state index contributed by atoms with van der Waals surface area (Å²) in [5.41, 5.74) is 6.29. The molecule has 1 aromatic rings. The van der Waals surface area contributed by atoms with Crippen LogP contribution in [-0.2, 0) is 6.42 Å². The van der Waals surface area contributed by atoms with E-state index in [4.69, 9.17) is 5.73 Å². The van der Waals surface area contributed by atoms with Gasteiger partial charge >= 0.3 is 0 Å². The molecule has 0 heterocycles. The van der Waals surface area contributed by atoms with Crippen LogP contribution in [0, 0.1) is 11.6 Å². The predicted molar refractivity (Wildman–Crippen MR) is 71.7 cm³/mol. The van der Waals surface area contributed by atoms with Crippen molar-refractivity contribution in [2.24, 2.45) is 5.73 Å². The molecule has 5 heteroatoms. The number of halogens is 2. The largest absolute Gasteiger partial charge is 0.390 e. The first-order valence-electron chi connectivity index (χ1n) is 6.10. The molecule has 0 aliphatic heterocycles. The van der Waals surface area contributed by atoms with Crippen molar-refractivity contribution >= 4 is 0 Å². The highest BCUT2D eigenvalue weighted by Crippen LogP contribution is 2.11. The minimum absolute atomic E-state index is 0.220. The van der Waals surface area contributed by atoms with Crippen molar-refractivity contribution in [2.75, 3.05) is 20.1 Å². The highest BCUT2D eigenvalue weighted by atomic mass is 19.1. The minimum Gasteiger partial charge on any atom is -0.390 e. The van der Waals surface area contributed by atoms with E-state index >= 15 is 0 Å². The lowest BCUT2D eigenvalue weighted by atomic mass is 10.0. The Morgan fingerprint density at radius 2 is 1.95 bits per heavy atom. The molecule has 0 radical (unpaired) electrons. The molecule has 0 aliphatic carbocycles. The van der Waals surface area contributed by atoms with Crippen molar-refractivity contribution in [3.8, 4) is 0 Å². The highest BCUT2D eigenvalue weighted by Gasteiger charge is 2.17. The van der Waals surface area contributed by atoms with Crippen LogP contribution in [0.25, 0.3) is 0 Å². The van der Waals surface area contributed by atoms with E-state index in [-0.39, 0.29) is 6.42 Å². The van der Waals surface area contributed by atoms with Crippen LogP contribution < -0.4 is 5.73 Å². The summed E-state index contributed by atoms with van der Waals surface area (Å²) in [6.07, 6.45) is 1.18. The number of likely N-dealkylation sites (N-methyl/N-ethyl adjacent to an activating group) is 1. The van der Waals surface area contributed by atoms with Crippen molar-refractivity contribution in [2.45, 2.75) is 18.6 Å². The zero-order chi connectivity index (χ0) is 14.4. The van der Waals surface area contributed by atoms with Gasteiger partial charge in [-0.1, -0.05) is 6.08 Å². The van der Waals surface area contributed by atoms with E-state index in [0.29, 0.717) is 18.7 Å². The third-order valence-corrected chi connectivity index (χ3v) is 2.83. The van der Waals surface area contributed by atoms with Gasteiger partial charge in [-0.25, -0.2) is 8.78 Å². The van der Waals surface area contributed by atoms with Crippen molar-refractivity contribution in [1.29, 1.82) is 0 Å². The second-order valence-electron chi connectivity index (χ2n) is 4.72. The van der Waals surface area contributed by atoms with Gasteiger partial charge in [-0.2, -0.15) is 0 Å². The number of aliphatic hydroxyl groups is 1. The average molecular weight is 270 g/mol. The Hall–Kier alpha value is -1.30. The third kappa shape index (κ3) is 5.46. The van der Waals surface area contributed by atoms with Gasteiger partial charge in [0.05, 0.1) is 6.10 Å². The summed E-state index contributed by atoms with van der Waals surface area (Å²) in [5.74, 6) is -1.28. The molecule has 0 spiro atoms. The molecular weight excluding hydrogens is 250 g/mol. The molecule has 0 bridgehead atoms. The van der Waals surface area contributed by atoms with Gasteiger partial charge in [0.1, 0.15) is 11.6 Å². The first kappa shape index (κ1) is 15.8. The van der Waals surface area contributed by atoms with Crippen LogP contribution in [0.2, 0.25) is 0 Å². The number of nitrogens with zero attached hydrogens (tertiary/aromatic N) is 1. The number of hydrogen-bond acceptors (Lipinski definition) is 3. The molecule has 0 amide bonds. The van der Waals surface area contributed by atoms with E-state index < -0.39 is 23.8 Å². The molecule has 0 saturated heterocycles. The van der Waals surface area contributed by atoms with E-state index in [1.54, 1.807) is 6.08 Å². The fraction of sp³-hybridized carbons (Fsp3) is 0.429. The summed E-state index contributed by atoms with van der Waals surface area (Å²) in [5, 5.41) is 9.93. The van der Waals surface area contributed by atoms with Crippen molar-refractivity contribution < 1.29 is 13.9 Å². The lowest BCUT2D eigenvalue weighted by Gasteiger charge is -2.24. The van der Waals surface area contributed by atoms with Gasteiger partial charge in [0, 0.05) is 25.2 Å². The molecule has 3 nitrogen and oxygen atoms in total. The topological polar surface area (TPSA) is 49.5 Å². The fourth-order valence-electron chi connectivity index (χ4n) is 1.89. The Morgan fingerprint density at radius 3 is 2.47 bits per heavy atom. The number of nitrogens with two attached hydrogens (primary N) is 1. The Balaban J connectivity index is 2.57. The van der Waals surface area contributed by atoms with Crippen molar-refractivity contribution in [1.82, 2.24) is 4.90 Å². The minimum atomic E-state index is -0.767. The van der Waals surface area contributed by atoms with Gasteiger partial charge in [0.15, 0.2) is 0 Å². The van der Waals surface area contributed by atoms with Crippen LogP contribution in [-0.4, -0.2) is 42.3 Å². The zero-order valence-corrected chi connectivity index (χ0v) is 11.0. The summed E-state index contributed by atoms with van der Waals surface area (Å²) in [4.78, 5) is 1.86. The van der Waals surface area contributed by atoms with Crippen LogP contribution in [0.15, 0.2) is 30.9 Å². The van der Waals surface area contributed by atoms with Gasteiger partial charge in [0.25, 0.3) is 0 Å². The third-order valence-electron chi connectivity index (χ3n) is 2.83. The van der Waals surface area contributed by atoms with E-state index in [9.17, 15) is 13.9 Å². The van der Waals surface area contributed by atoms with Crippen LogP contribution in [0.3, 0.4) is 0 Å². The Labute approximate surface area is 112 Å². The second kappa shape index (κ2) is 7.33. The second-order valence-corrected chi connectivity index (χ2v) is 4.72. The number of aliphatic hydroxyl groups excluding tert-OH is 1. The van der Waals surface area contributed by atoms with Crippen LogP contribution in [0.5, 0.6) is 0 Å². The van der Waals surface area contributed by atoms with E-state index in [1.807, 2.05) is 11.9 Å². The van der Waals surface area contributed by atoms with E-state index in [0.717, 1.165) is 6.07 Å². The molecule has 0 aromatic heterocycles. The Kier molecular flexibility index (Phi) is 6.08. The molecule has 3 N–H and O–H groups in total. The smallest absolute Gasteiger partial charge is 0.126 e. The van der Waals surface area contributed by atoms with Gasteiger partial charge in [-0.3, -0.25) is 0 Å². The van der Waals surface area contributed by atoms with Crippen LogP contribution >= 0.6 is 0 Å². The summed E-state index contributed by atoms with van der Waals surface area (Å²) < 4.78 is 26.1. The van der Waals surface area contributed by atoms with Crippen molar-refractivity contribution in [3.63, 3.8) is 0 Å². The average Bonchev–Trinajstić information content (AvgIpc) is 2.27. The fourth-order valence-corrected chi connectivity index (χ4v) is 1.89. The summed E-state index contributed by atoms with van der Waals surface area (Å²) in [6, 6.07) is 2.68. The molecule has 0 saturated carbocycles. The Bertz CT molecular complexity index is 406. The molecule has 0 fully saturated rings. The monoisotopic (exact) mass is 270 g/mol. The standard InChI is InChI=1S/C14H20F2N2O/c1-3-4-18(2)9-14(19)13(17)7-10-5-11(15)8-12(16)6-10/h3,5-6,8,13-14,19H,1,4,7,9,17H2,2H3/t13-,14+/m0/s1. The van der Waals surface area contributed by atoms with Crippen LogP contribution in [0.1, 0.15) is 5.56 Å². The normalized spacial score (nSPS) is 14.4. The maximum atomic E-state index is 13.0. The molecule has 0 aliphatic rings. The molecule has 106 valence electrons. The summed E-state index contributed by atoms with van der Waals surface area (Å²) in [6.45, 7) is 4.62. The van der Waals surface area contributed by atoms with Crippen LogP contribution in [0.4, 0.5) is 8.78 Å².